The summed E-state index contributed by atoms with van der Waals surface area (Å²) in [6, 6.07) is 0.105. The molecule has 0 aliphatic carbocycles. The molecule has 0 amide bonds. The number of aryl methyl sites for hydroxylation is 1. The highest BCUT2D eigenvalue weighted by atomic mass is 16.1. The number of aromatic nitrogens is 4. The van der Waals surface area contributed by atoms with E-state index in [1.54, 1.807) is 6.92 Å². The first-order chi connectivity index (χ1) is 7.00. The summed E-state index contributed by atoms with van der Waals surface area (Å²) in [4.78, 5) is 11.2. The molecule has 1 aromatic rings. The Morgan fingerprint density at radius 3 is 3.00 bits per heavy atom. The number of tetrazole rings is 1. The molecule has 0 bridgehead atoms. The highest BCUT2D eigenvalue weighted by molar-refractivity contribution is 5.76. The smallest absolute Gasteiger partial charge is 0.151 e. The van der Waals surface area contributed by atoms with Crippen LogP contribution in [0.15, 0.2) is 0 Å². The van der Waals surface area contributed by atoms with E-state index in [1.165, 1.54) is 0 Å². The van der Waals surface area contributed by atoms with E-state index < -0.39 is 0 Å². The second-order valence-corrected chi connectivity index (χ2v) is 4.95. The fourth-order valence-electron chi connectivity index (χ4n) is 2.19. The van der Waals surface area contributed by atoms with Crippen LogP contribution in [-0.4, -0.2) is 26.0 Å². The first kappa shape index (κ1) is 10.3. The Hall–Kier alpha value is -1.26. The molecule has 1 atom stereocenters. The fourth-order valence-corrected chi connectivity index (χ4v) is 2.19. The normalized spacial score (nSPS) is 23.5. The summed E-state index contributed by atoms with van der Waals surface area (Å²) in [5.41, 5.74) is 0.0913. The molecule has 0 spiro atoms. The van der Waals surface area contributed by atoms with E-state index >= 15 is 0 Å². The third-order valence-electron chi connectivity index (χ3n) is 3.23. The highest BCUT2D eigenvalue weighted by Gasteiger charge is 2.38. The Labute approximate surface area is 88.9 Å². The molecule has 0 unspecified atom stereocenters. The van der Waals surface area contributed by atoms with Gasteiger partial charge in [-0.25, -0.2) is 4.68 Å². The van der Waals surface area contributed by atoms with Crippen molar-refractivity contribution in [3.8, 4) is 0 Å². The number of Topliss-reactive ketones (excluding diaryl/α,β-unsaturated/α-hetero) is 1. The van der Waals surface area contributed by atoms with Crippen LogP contribution in [0.25, 0.3) is 0 Å². The predicted molar refractivity (Wildman–Crippen MR) is 54.3 cm³/mol. The largest absolute Gasteiger partial charge is 0.300 e. The average molecular weight is 208 g/mol. The molecule has 82 valence electrons. The van der Waals surface area contributed by atoms with Crippen LogP contribution >= 0.6 is 0 Å². The zero-order valence-electron chi connectivity index (χ0n) is 9.40. The van der Waals surface area contributed by atoms with Gasteiger partial charge in [0.15, 0.2) is 5.82 Å². The van der Waals surface area contributed by atoms with Crippen LogP contribution < -0.4 is 0 Å². The van der Waals surface area contributed by atoms with Gasteiger partial charge in [-0.3, -0.25) is 4.79 Å². The second kappa shape index (κ2) is 3.40. The summed E-state index contributed by atoms with van der Waals surface area (Å²) in [7, 11) is 0. The number of fused-ring (bicyclic) bond motifs is 1. The number of ketones is 1. The van der Waals surface area contributed by atoms with Crippen LogP contribution in [0.1, 0.15) is 45.5 Å². The minimum Gasteiger partial charge on any atom is -0.300 e. The van der Waals surface area contributed by atoms with E-state index in [1.807, 2.05) is 4.68 Å². The van der Waals surface area contributed by atoms with Crippen LogP contribution in [0.2, 0.25) is 0 Å². The van der Waals surface area contributed by atoms with Gasteiger partial charge in [0.25, 0.3) is 0 Å². The number of carbonyl (C=O) groups is 1. The molecule has 0 aromatic carbocycles. The van der Waals surface area contributed by atoms with Crippen molar-refractivity contribution in [2.75, 3.05) is 0 Å². The Morgan fingerprint density at radius 1 is 1.60 bits per heavy atom. The van der Waals surface area contributed by atoms with Crippen LogP contribution in [0.4, 0.5) is 0 Å². The molecule has 0 saturated carbocycles. The Kier molecular flexibility index (Phi) is 2.32. The monoisotopic (exact) mass is 208 g/mol. The number of hydrogen-bond donors (Lipinski definition) is 0. The maximum Gasteiger partial charge on any atom is 0.151 e. The molecule has 1 aliphatic rings. The first-order valence-electron chi connectivity index (χ1n) is 5.27. The van der Waals surface area contributed by atoms with Crippen molar-refractivity contribution in [1.29, 1.82) is 0 Å². The molecule has 0 saturated heterocycles. The second-order valence-electron chi connectivity index (χ2n) is 4.95. The lowest BCUT2D eigenvalue weighted by Crippen LogP contribution is -2.35. The molecule has 15 heavy (non-hydrogen) atoms. The molecule has 5 heteroatoms. The van der Waals surface area contributed by atoms with Crippen LogP contribution in [0.3, 0.4) is 0 Å². The molecular formula is C10H16N4O. The molecule has 0 radical (unpaired) electrons. The van der Waals surface area contributed by atoms with Gasteiger partial charge in [0.2, 0.25) is 0 Å². The van der Waals surface area contributed by atoms with Crippen molar-refractivity contribution < 1.29 is 4.79 Å². The summed E-state index contributed by atoms with van der Waals surface area (Å²) in [5, 5.41) is 11.6. The van der Waals surface area contributed by atoms with Crippen LogP contribution in [-0.2, 0) is 11.2 Å². The van der Waals surface area contributed by atoms with Crippen molar-refractivity contribution in [2.45, 2.75) is 46.1 Å². The Morgan fingerprint density at radius 2 is 2.33 bits per heavy atom. The molecule has 1 aliphatic heterocycles. The van der Waals surface area contributed by atoms with Crippen molar-refractivity contribution >= 4 is 5.78 Å². The molecule has 0 fully saturated rings. The zero-order valence-corrected chi connectivity index (χ0v) is 9.40. The molecule has 2 heterocycles. The minimum atomic E-state index is 0.0913. The van der Waals surface area contributed by atoms with Gasteiger partial charge < -0.3 is 0 Å². The van der Waals surface area contributed by atoms with E-state index in [4.69, 9.17) is 0 Å². The quantitative estimate of drug-likeness (QED) is 0.731. The van der Waals surface area contributed by atoms with Gasteiger partial charge in [0.1, 0.15) is 5.78 Å². The van der Waals surface area contributed by atoms with Crippen molar-refractivity contribution in [3.05, 3.63) is 5.82 Å². The van der Waals surface area contributed by atoms with Gasteiger partial charge in [-0.05, 0) is 29.2 Å². The fraction of sp³-hybridized carbons (Fsp3) is 0.800. The van der Waals surface area contributed by atoms with Crippen LogP contribution in [0.5, 0.6) is 0 Å². The summed E-state index contributed by atoms with van der Waals surface area (Å²) in [6.07, 6.45) is 2.45. The van der Waals surface area contributed by atoms with E-state index in [2.05, 4.69) is 29.4 Å². The highest BCUT2D eigenvalue weighted by Crippen LogP contribution is 2.41. The maximum atomic E-state index is 11.2. The van der Waals surface area contributed by atoms with E-state index in [0.717, 1.165) is 18.7 Å². The van der Waals surface area contributed by atoms with E-state index in [9.17, 15) is 4.79 Å². The van der Waals surface area contributed by atoms with Gasteiger partial charge in [0.05, 0.1) is 6.04 Å². The zero-order chi connectivity index (χ0) is 11.1. The summed E-state index contributed by atoms with van der Waals surface area (Å²) < 4.78 is 1.82. The number of carbonyl (C=O) groups excluding carboxylic acids is 1. The van der Waals surface area contributed by atoms with Gasteiger partial charge >= 0.3 is 0 Å². The van der Waals surface area contributed by atoms with Crippen LogP contribution in [0, 0.1) is 5.41 Å². The summed E-state index contributed by atoms with van der Waals surface area (Å²) in [6.45, 7) is 5.96. The molecule has 5 nitrogen and oxygen atoms in total. The van der Waals surface area contributed by atoms with Crippen molar-refractivity contribution in [1.82, 2.24) is 20.2 Å². The first-order valence-corrected chi connectivity index (χ1v) is 5.27. The van der Waals surface area contributed by atoms with Crippen molar-refractivity contribution in [3.63, 3.8) is 0 Å². The molecule has 1 aromatic heterocycles. The van der Waals surface area contributed by atoms with Gasteiger partial charge in [0, 0.05) is 12.8 Å². The molecule has 0 N–H and O–H groups in total. The Balaban J connectivity index is 2.35. The summed E-state index contributed by atoms with van der Waals surface area (Å²) in [5.74, 6) is 1.09. The number of hydrogen-bond acceptors (Lipinski definition) is 4. The maximum absolute atomic E-state index is 11.2. The average Bonchev–Trinajstić information content (AvgIpc) is 2.57. The van der Waals surface area contributed by atoms with Gasteiger partial charge in [-0.2, -0.15) is 0 Å². The number of rotatable bonds is 2. The third kappa shape index (κ3) is 1.78. The predicted octanol–water partition coefficient (Wildman–Crippen LogP) is 1.17. The Bertz CT molecular complexity index is 383. The SMILES string of the molecule is CC(=O)C[C@@H]1n2nnnc2CCC1(C)C. The number of nitrogens with zero attached hydrogens (tertiary/aromatic N) is 4. The van der Waals surface area contributed by atoms with Gasteiger partial charge in [-0.1, -0.05) is 13.8 Å². The topological polar surface area (TPSA) is 60.7 Å². The van der Waals surface area contributed by atoms with E-state index in [0.29, 0.717) is 6.42 Å². The lowest BCUT2D eigenvalue weighted by Gasteiger charge is -2.37. The summed E-state index contributed by atoms with van der Waals surface area (Å²) >= 11 is 0. The third-order valence-corrected chi connectivity index (χ3v) is 3.23. The standard InChI is InChI=1S/C10H16N4O/c1-7(15)6-8-10(2,3)5-4-9-11-12-13-14(8)9/h8H,4-6H2,1-3H3/t8-/m0/s1. The minimum absolute atomic E-state index is 0.0913. The lowest BCUT2D eigenvalue weighted by atomic mass is 9.76. The van der Waals surface area contributed by atoms with Gasteiger partial charge in [-0.15, -0.1) is 5.10 Å². The van der Waals surface area contributed by atoms with E-state index in [-0.39, 0.29) is 17.2 Å². The van der Waals surface area contributed by atoms with Crippen molar-refractivity contribution in [2.24, 2.45) is 5.41 Å². The molecule has 2 rings (SSSR count). The lowest BCUT2D eigenvalue weighted by molar-refractivity contribution is -0.118. The molecular weight excluding hydrogens is 192 g/mol.